The van der Waals surface area contributed by atoms with Crippen LogP contribution in [0.25, 0.3) is 0 Å². The van der Waals surface area contributed by atoms with E-state index in [2.05, 4.69) is 27.4 Å². The third-order valence-corrected chi connectivity index (χ3v) is 4.79. The Kier molecular flexibility index (Phi) is 9.00. The fraction of sp³-hybridized carbons (Fsp3) is 0.632. The van der Waals surface area contributed by atoms with Crippen LogP contribution >= 0.6 is 0 Å². The third-order valence-electron chi connectivity index (χ3n) is 4.79. The molecule has 150 valence electrons. The van der Waals surface area contributed by atoms with Crippen LogP contribution in [0.15, 0.2) is 29.3 Å². The number of nitrogens with one attached hydrogen (secondary N) is 2. The van der Waals surface area contributed by atoms with Crippen molar-refractivity contribution < 1.29 is 9.66 Å². The van der Waals surface area contributed by atoms with Crippen LogP contribution in [0.1, 0.15) is 31.7 Å². The number of hydrogen-bond acceptors (Lipinski definition) is 5. The molecule has 1 atom stereocenters. The standard InChI is InChI=1S/C19H31N5O3/c1-3-23-12-4-6-18(23)15-22-19(20-11-5-13-27-2)21-14-16-7-9-17(10-8-16)24(25)26/h7-10,18H,3-6,11-15H2,1-2H3,(H2,20,21,22). The molecule has 1 aromatic carbocycles. The second kappa shape index (κ2) is 11.5. The number of aliphatic imine (C=N–C) groups is 1. The van der Waals surface area contributed by atoms with Crippen LogP contribution < -0.4 is 10.6 Å². The molecule has 27 heavy (non-hydrogen) atoms. The average molecular weight is 377 g/mol. The number of nitro groups is 1. The van der Waals surface area contributed by atoms with E-state index < -0.39 is 4.92 Å². The molecule has 2 N–H and O–H groups in total. The predicted molar refractivity (Wildman–Crippen MR) is 107 cm³/mol. The molecule has 0 radical (unpaired) electrons. The first-order valence-corrected chi connectivity index (χ1v) is 9.62. The Bertz CT molecular complexity index is 606. The van der Waals surface area contributed by atoms with Gasteiger partial charge in [-0.2, -0.15) is 0 Å². The monoisotopic (exact) mass is 377 g/mol. The van der Waals surface area contributed by atoms with Gasteiger partial charge < -0.3 is 15.4 Å². The number of methoxy groups -OCH3 is 1. The van der Waals surface area contributed by atoms with E-state index in [1.807, 2.05) is 0 Å². The molecule has 1 aromatic rings. The van der Waals surface area contributed by atoms with Gasteiger partial charge in [-0.05, 0) is 37.9 Å². The maximum absolute atomic E-state index is 10.8. The van der Waals surface area contributed by atoms with Crippen molar-refractivity contribution in [3.8, 4) is 0 Å². The minimum absolute atomic E-state index is 0.0969. The minimum Gasteiger partial charge on any atom is -0.385 e. The van der Waals surface area contributed by atoms with E-state index in [0.717, 1.165) is 37.6 Å². The highest BCUT2D eigenvalue weighted by Crippen LogP contribution is 2.15. The molecule has 1 heterocycles. The lowest BCUT2D eigenvalue weighted by Gasteiger charge is -2.24. The van der Waals surface area contributed by atoms with Crippen molar-refractivity contribution in [3.05, 3.63) is 39.9 Å². The van der Waals surface area contributed by atoms with Gasteiger partial charge in [0.25, 0.3) is 5.69 Å². The van der Waals surface area contributed by atoms with Gasteiger partial charge in [0.05, 0.1) is 11.5 Å². The fourth-order valence-electron chi connectivity index (χ4n) is 3.25. The first-order chi connectivity index (χ1) is 13.1. The number of benzene rings is 1. The number of ether oxygens (including phenoxy) is 1. The summed E-state index contributed by atoms with van der Waals surface area (Å²) >= 11 is 0. The first kappa shape index (κ1) is 21.1. The van der Waals surface area contributed by atoms with Crippen LogP contribution in [-0.2, 0) is 11.3 Å². The van der Waals surface area contributed by atoms with Gasteiger partial charge in [0.1, 0.15) is 0 Å². The van der Waals surface area contributed by atoms with Gasteiger partial charge in [0.15, 0.2) is 5.96 Å². The number of guanidine groups is 1. The Hall–Kier alpha value is -2.19. The summed E-state index contributed by atoms with van der Waals surface area (Å²) in [6.45, 7) is 7.26. The van der Waals surface area contributed by atoms with Crippen molar-refractivity contribution in [1.82, 2.24) is 15.5 Å². The Morgan fingerprint density at radius 3 is 2.81 bits per heavy atom. The summed E-state index contributed by atoms with van der Waals surface area (Å²) in [7, 11) is 1.70. The number of hydrogen-bond donors (Lipinski definition) is 2. The molecule has 1 aliphatic heterocycles. The lowest BCUT2D eigenvalue weighted by atomic mass is 10.2. The average Bonchev–Trinajstić information content (AvgIpc) is 3.14. The van der Waals surface area contributed by atoms with Gasteiger partial charge >= 0.3 is 0 Å². The molecule has 8 nitrogen and oxygen atoms in total. The topological polar surface area (TPSA) is 92.0 Å². The lowest BCUT2D eigenvalue weighted by molar-refractivity contribution is -0.384. The SMILES string of the molecule is CCN1CCCC1CNC(=NCc1ccc([N+](=O)[O-])cc1)NCCCOC. The predicted octanol–water partition coefficient (Wildman–Crippen LogP) is 2.15. The Balaban J connectivity index is 1.92. The number of likely N-dealkylation sites (N-methyl/N-ethyl adjacent to an activating group) is 1. The normalized spacial score (nSPS) is 17.9. The van der Waals surface area contributed by atoms with E-state index in [-0.39, 0.29) is 5.69 Å². The summed E-state index contributed by atoms with van der Waals surface area (Å²) in [5.74, 6) is 0.771. The van der Waals surface area contributed by atoms with Crippen LogP contribution in [0.2, 0.25) is 0 Å². The Labute approximate surface area is 161 Å². The molecule has 0 aliphatic carbocycles. The second-order valence-electron chi connectivity index (χ2n) is 6.67. The molecule has 1 saturated heterocycles. The van der Waals surface area contributed by atoms with E-state index in [1.165, 1.54) is 31.5 Å². The van der Waals surface area contributed by atoms with Gasteiger partial charge in [-0.15, -0.1) is 0 Å². The number of rotatable bonds is 10. The summed E-state index contributed by atoms with van der Waals surface area (Å²) in [5, 5.41) is 17.6. The summed E-state index contributed by atoms with van der Waals surface area (Å²) < 4.78 is 5.09. The molecule has 1 unspecified atom stereocenters. The number of nitro benzene ring substituents is 1. The highest BCUT2D eigenvalue weighted by molar-refractivity contribution is 5.79. The summed E-state index contributed by atoms with van der Waals surface area (Å²) in [4.78, 5) is 17.5. The molecule has 0 aromatic heterocycles. The van der Waals surface area contributed by atoms with Gasteiger partial charge in [0, 0.05) is 45.0 Å². The van der Waals surface area contributed by atoms with E-state index in [9.17, 15) is 10.1 Å². The zero-order chi connectivity index (χ0) is 19.5. The smallest absolute Gasteiger partial charge is 0.269 e. The molecular weight excluding hydrogens is 346 g/mol. The van der Waals surface area contributed by atoms with Gasteiger partial charge in [0.2, 0.25) is 0 Å². The van der Waals surface area contributed by atoms with Gasteiger partial charge in [-0.1, -0.05) is 19.1 Å². The van der Waals surface area contributed by atoms with E-state index in [4.69, 9.17) is 4.74 Å². The Morgan fingerprint density at radius 2 is 2.15 bits per heavy atom. The fourth-order valence-corrected chi connectivity index (χ4v) is 3.25. The lowest BCUT2D eigenvalue weighted by Crippen LogP contribution is -2.45. The van der Waals surface area contributed by atoms with Crippen LogP contribution in [0.3, 0.4) is 0 Å². The number of non-ortho nitro benzene ring substituents is 1. The zero-order valence-electron chi connectivity index (χ0n) is 16.3. The van der Waals surface area contributed by atoms with Crippen molar-refractivity contribution >= 4 is 11.6 Å². The van der Waals surface area contributed by atoms with Crippen LogP contribution in [0.5, 0.6) is 0 Å². The molecule has 1 aliphatic rings. The maximum Gasteiger partial charge on any atom is 0.269 e. The van der Waals surface area contributed by atoms with E-state index in [0.29, 0.717) is 19.2 Å². The van der Waals surface area contributed by atoms with Crippen LogP contribution in [0.4, 0.5) is 5.69 Å². The summed E-state index contributed by atoms with van der Waals surface area (Å²) in [6, 6.07) is 7.07. The quantitative estimate of drug-likeness (QED) is 0.213. The summed E-state index contributed by atoms with van der Waals surface area (Å²) in [6.07, 6.45) is 3.36. The first-order valence-electron chi connectivity index (χ1n) is 9.62. The van der Waals surface area contributed by atoms with Crippen LogP contribution in [0, 0.1) is 10.1 Å². The second-order valence-corrected chi connectivity index (χ2v) is 6.67. The van der Waals surface area contributed by atoms with Crippen molar-refractivity contribution in [2.75, 3.05) is 39.9 Å². The molecule has 0 amide bonds. The van der Waals surface area contributed by atoms with Crippen molar-refractivity contribution in [1.29, 1.82) is 0 Å². The molecule has 1 fully saturated rings. The van der Waals surface area contributed by atoms with Crippen LogP contribution in [-0.4, -0.2) is 61.7 Å². The van der Waals surface area contributed by atoms with Gasteiger partial charge in [-0.3, -0.25) is 15.0 Å². The Morgan fingerprint density at radius 1 is 1.37 bits per heavy atom. The number of likely N-dealkylation sites (tertiary alicyclic amines) is 1. The van der Waals surface area contributed by atoms with E-state index in [1.54, 1.807) is 19.2 Å². The van der Waals surface area contributed by atoms with Crippen molar-refractivity contribution in [2.45, 2.75) is 38.8 Å². The highest BCUT2D eigenvalue weighted by Gasteiger charge is 2.22. The molecular formula is C19H31N5O3. The summed E-state index contributed by atoms with van der Waals surface area (Å²) in [5.41, 5.74) is 1.04. The van der Waals surface area contributed by atoms with Gasteiger partial charge in [-0.25, -0.2) is 4.99 Å². The largest absolute Gasteiger partial charge is 0.385 e. The zero-order valence-corrected chi connectivity index (χ0v) is 16.3. The van der Waals surface area contributed by atoms with Crippen molar-refractivity contribution in [3.63, 3.8) is 0 Å². The third kappa shape index (κ3) is 7.15. The molecule has 0 spiro atoms. The highest BCUT2D eigenvalue weighted by atomic mass is 16.6. The van der Waals surface area contributed by atoms with Crippen molar-refractivity contribution in [2.24, 2.45) is 4.99 Å². The molecule has 2 rings (SSSR count). The molecule has 0 bridgehead atoms. The minimum atomic E-state index is -0.390. The molecule has 8 heteroatoms. The van der Waals surface area contributed by atoms with E-state index >= 15 is 0 Å². The number of nitrogens with zero attached hydrogens (tertiary/aromatic N) is 3. The molecule has 0 saturated carbocycles. The maximum atomic E-state index is 10.8.